The van der Waals surface area contributed by atoms with E-state index in [4.69, 9.17) is 5.26 Å². The molecule has 1 aromatic carbocycles. The van der Waals surface area contributed by atoms with E-state index in [1.54, 1.807) is 17.0 Å². The van der Waals surface area contributed by atoms with Gasteiger partial charge in [0, 0.05) is 19.1 Å². The maximum atomic E-state index is 13.4. The number of nitriles is 1. The summed E-state index contributed by atoms with van der Waals surface area (Å²) in [6.07, 6.45) is 0.361. The third kappa shape index (κ3) is 2.76. The molecule has 0 aromatic heterocycles. The van der Waals surface area contributed by atoms with Gasteiger partial charge in [0.15, 0.2) is 0 Å². The van der Waals surface area contributed by atoms with Gasteiger partial charge in [0.2, 0.25) is 0 Å². The molecule has 1 unspecified atom stereocenters. The van der Waals surface area contributed by atoms with Crippen molar-refractivity contribution < 1.29 is 13.9 Å². The lowest BCUT2D eigenvalue weighted by atomic mass is 10.1. The molecule has 0 saturated carbocycles. The number of benzene rings is 1. The molecule has 1 aliphatic rings. The van der Waals surface area contributed by atoms with Crippen molar-refractivity contribution >= 4 is 11.8 Å². The number of methoxy groups -OCH3 is 1. The normalized spacial score (nSPS) is 17.9. The first-order valence-corrected chi connectivity index (χ1v) is 5.93. The average Bonchev–Trinajstić information content (AvgIpc) is 2.87. The van der Waals surface area contributed by atoms with Crippen LogP contribution in [-0.2, 0) is 4.74 Å². The highest BCUT2D eigenvalue weighted by Gasteiger charge is 2.27. The Labute approximate surface area is 110 Å². The van der Waals surface area contributed by atoms with Crippen LogP contribution in [0, 0.1) is 17.1 Å². The van der Waals surface area contributed by atoms with Crippen LogP contribution in [0.3, 0.4) is 0 Å². The number of hydrogen-bond donors (Lipinski definition) is 1. The van der Waals surface area contributed by atoms with E-state index in [-0.39, 0.29) is 17.7 Å². The van der Waals surface area contributed by atoms with E-state index in [0.717, 1.165) is 6.42 Å². The molecule has 100 valence electrons. The van der Waals surface area contributed by atoms with Crippen LogP contribution >= 0.6 is 0 Å². The molecule has 0 spiro atoms. The molecule has 0 bridgehead atoms. The summed E-state index contributed by atoms with van der Waals surface area (Å²) < 4.78 is 18.1. The lowest BCUT2D eigenvalue weighted by Gasteiger charge is -2.17. The quantitative estimate of drug-likeness (QED) is 0.885. The van der Waals surface area contributed by atoms with E-state index in [9.17, 15) is 9.18 Å². The predicted octanol–water partition coefficient (Wildman–Crippen LogP) is 1.95. The zero-order valence-corrected chi connectivity index (χ0v) is 10.5. The SMILES string of the molecule is COC(=O)N1CCC(Nc2cccc(F)c2C#N)C1. The summed E-state index contributed by atoms with van der Waals surface area (Å²) in [4.78, 5) is 12.9. The van der Waals surface area contributed by atoms with E-state index in [1.165, 1.54) is 13.2 Å². The van der Waals surface area contributed by atoms with Crippen LogP contribution in [0.15, 0.2) is 18.2 Å². The number of hydrogen-bond acceptors (Lipinski definition) is 4. The highest BCUT2D eigenvalue weighted by Crippen LogP contribution is 2.21. The van der Waals surface area contributed by atoms with Crippen molar-refractivity contribution in [2.45, 2.75) is 12.5 Å². The molecular formula is C13H14FN3O2. The molecule has 5 nitrogen and oxygen atoms in total. The van der Waals surface area contributed by atoms with Gasteiger partial charge in [-0.3, -0.25) is 0 Å². The number of amides is 1. The molecule has 1 atom stereocenters. The van der Waals surface area contributed by atoms with Crippen LogP contribution in [0.5, 0.6) is 0 Å². The van der Waals surface area contributed by atoms with Crippen molar-refractivity contribution in [1.82, 2.24) is 4.90 Å². The second kappa shape index (κ2) is 5.57. The fourth-order valence-corrected chi connectivity index (χ4v) is 2.15. The van der Waals surface area contributed by atoms with Crippen LogP contribution in [0.25, 0.3) is 0 Å². The average molecular weight is 263 g/mol. The highest BCUT2D eigenvalue weighted by molar-refractivity contribution is 5.68. The molecular weight excluding hydrogens is 249 g/mol. The number of carbonyl (C=O) groups is 1. The van der Waals surface area contributed by atoms with Gasteiger partial charge in [-0.15, -0.1) is 0 Å². The van der Waals surface area contributed by atoms with E-state index in [2.05, 4.69) is 10.1 Å². The van der Waals surface area contributed by atoms with Gasteiger partial charge in [-0.2, -0.15) is 5.26 Å². The predicted molar refractivity (Wildman–Crippen MR) is 67.1 cm³/mol. The largest absolute Gasteiger partial charge is 0.453 e. The summed E-state index contributed by atoms with van der Waals surface area (Å²) in [5.74, 6) is -0.546. The van der Waals surface area contributed by atoms with Gasteiger partial charge in [-0.05, 0) is 18.6 Å². The van der Waals surface area contributed by atoms with Crippen LogP contribution in [0.2, 0.25) is 0 Å². The first-order chi connectivity index (χ1) is 9.15. The molecule has 1 saturated heterocycles. The zero-order chi connectivity index (χ0) is 13.8. The number of likely N-dealkylation sites (tertiary alicyclic amines) is 1. The molecule has 6 heteroatoms. The van der Waals surface area contributed by atoms with Gasteiger partial charge in [0.05, 0.1) is 12.8 Å². The number of nitrogens with one attached hydrogen (secondary N) is 1. The summed E-state index contributed by atoms with van der Waals surface area (Å²) in [6, 6.07) is 6.29. The van der Waals surface area contributed by atoms with E-state index in [1.807, 2.05) is 6.07 Å². The Morgan fingerprint density at radius 3 is 3.11 bits per heavy atom. The topological polar surface area (TPSA) is 65.4 Å². The van der Waals surface area contributed by atoms with Crippen LogP contribution in [-0.4, -0.2) is 37.2 Å². The molecule has 1 aromatic rings. The van der Waals surface area contributed by atoms with E-state index >= 15 is 0 Å². The van der Waals surface area contributed by atoms with Crippen LogP contribution < -0.4 is 5.32 Å². The van der Waals surface area contributed by atoms with Crippen molar-refractivity contribution in [1.29, 1.82) is 5.26 Å². The monoisotopic (exact) mass is 263 g/mol. The lowest BCUT2D eigenvalue weighted by Crippen LogP contribution is -2.31. The van der Waals surface area contributed by atoms with Crippen molar-refractivity contribution in [3.63, 3.8) is 0 Å². The summed E-state index contributed by atoms with van der Waals surface area (Å²) in [5.41, 5.74) is 0.457. The molecule has 1 fully saturated rings. The minimum atomic E-state index is -0.546. The minimum absolute atomic E-state index is 0.000909. The number of carbonyl (C=O) groups excluding carboxylic acids is 1. The second-order valence-corrected chi connectivity index (χ2v) is 4.32. The first-order valence-electron chi connectivity index (χ1n) is 5.93. The third-order valence-corrected chi connectivity index (χ3v) is 3.11. The van der Waals surface area contributed by atoms with Gasteiger partial charge >= 0.3 is 6.09 Å². The van der Waals surface area contributed by atoms with E-state index < -0.39 is 5.82 Å². The van der Waals surface area contributed by atoms with Crippen molar-refractivity contribution in [2.24, 2.45) is 0 Å². The van der Waals surface area contributed by atoms with Gasteiger partial charge < -0.3 is 15.0 Å². The molecule has 19 heavy (non-hydrogen) atoms. The summed E-state index contributed by atoms with van der Waals surface area (Å²) in [6.45, 7) is 1.07. The number of rotatable bonds is 2. The summed E-state index contributed by atoms with van der Waals surface area (Å²) >= 11 is 0. The lowest BCUT2D eigenvalue weighted by molar-refractivity contribution is 0.133. The highest BCUT2D eigenvalue weighted by atomic mass is 19.1. The Morgan fingerprint density at radius 2 is 2.42 bits per heavy atom. The Balaban J connectivity index is 2.06. The van der Waals surface area contributed by atoms with Gasteiger partial charge in [-0.1, -0.05) is 6.07 Å². The Kier molecular flexibility index (Phi) is 3.85. The van der Waals surface area contributed by atoms with Crippen LogP contribution in [0.4, 0.5) is 14.9 Å². The maximum Gasteiger partial charge on any atom is 0.409 e. The molecule has 0 radical (unpaired) electrons. The fraction of sp³-hybridized carbons (Fsp3) is 0.385. The standard InChI is InChI=1S/C13H14FN3O2/c1-19-13(18)17-6-5-9(8-17)16-12-4-2-3-11(14)10(12)7-15/h2-4,9,16H,5-6,8H2,1H3. The second-order valence-electron chi connectivity index (χ2n) is 4.32. The summed E-state index contributed by atoms with van der Waals surface area (Å²) in [5, 5.41) is 12.0. The zero-order valence-electron chi connectivity index (χ0n) is 10.5. The number of ether oxygens (including phenoxy) is 1. The molecule has 1 aliphatic heterocycles. The molecule has 1 amide bonds. The molecule has 2 rings (SSSR count). The van der Waals surface area contributed by atoms with E-state index in [0.29, 0.717) is 18.8 Å². The van der Waals surface area contributed by atoms with Crippen LogP contribution in [0.1, 0.15) is 12.0 Å². The Morgan fingerprint density at radius 1 is 1.63 bits per heavy atom. The molecule has 0 aliphatic carbocycles. The molecule has 1 N–H and O–H groups in total. The van der Waals surface area contributed by atoms with Crippen molar-refractivity contribution in [3.05, 3.63) is 29.6 Å². The number of nitrogens with zero attached hydrogens (tertiary/aromatic N) is 2. The van der Waals surface area contributed by atoms with Gasteiger partial charge in [0.25, 0.3) is 0 Å². The first kappa shape index (κ1) is 13.1. The minimum Gasteiger partial charge on any atom is -0.453 e. The third-order valence-electron chi connectivity index (χ3n) is 3.11. The van der Waals surface area contributed by atoms with Crippen molar-refractivity contribution in [3.8, 4) is 6.07 Å². The Hall–Kier alpha value is -2.29. The number of halogens is 1. The maximum absolute atomic E-state index is 13.4. The fourth-order valence-electron chi connectivity index (χ4n) is 2.15. The van der Waals surface area contributed by atoms with Crippen molar-refractivity contribution in [2.75, 3.05) is 25.5 Å². The van der Waals surface area contributed by atoms with Gasteiger partial charge in [-0.25, -0.2) is 9.18 Å². The smallest absolute Gasteiger partial charge is 0.409 e. The Bertz CT molecular complexity index is 527. The van der Waals surface area contributed by atoms with Gasteiger partial charge in [0.1, 0.15) is 17.4 Å². The number of anilines is 1. The summed E-state index contributed by atoms with van der Waals surface area (Å²) in [7, 11) is 1.34. The molecule has 1 heterocycles.